The number of anilines is 1. The smallest absolute Gasteiger partial charge is 0.327 e. The summed E-state index contributed by atoms with van der Waals surface area (Å²) in [6, 6.07) is 7.72. The summed E-state index contributed by atoms with van der Waals surface area (Å²) < 4.78 is 0. The fourth-order valence-electron chi connectivity index (χ4n) is 3.57. The summed E-state index contributed by atoms with van der Waals surface area (Å²) >= 11 is 12.2. The highest BCUT2D eigenvalue weighted by Gasteiger charge is 2.32. The first-order chi connectivity index (χ1) is 15.1. The first-order valence-corrected chi connectivity index (χ1v) is 11.2. The summed E-state index contributed by atoms with van der Waals surface area (Å²) in [6.07, 6.45) is 4.25. The molecule has 170 valence electrons. The Labute approximate surface area is 198 Å². The third-order valence-corrected chi connectivity index (χ3v) is 5.84. The van der Waals surface area contributed by atoms with Gasteiger partial charge in [0.05, 0.1) is 10.7 Å². The third kappa shape index (κ3) is 5.58. The van der Waals surface area contributed by atoms with Gasteiger partial charge < -0.3 is 10.2 Å². The van der Waals surface area contributed by atoms with Crippen LogP contribution >= 0.6 is 23.2 Å². The van der Waals surface area contributed by atoms with Crippen LogP contribution in [0.4, 0.5) is 10.5 Å². The minimum atomic E-state index is -0.439. The van der Waals surface area contributed by atoms with E-state index in [2.05, 4.69) is 10.3 Å². The molecule has 0 spiro atoms. The number of carbonyl (C=O) groups excluding carboxylic acids is 2. The number of halogens is 2. The molecule has 1 aliphatic heterocycles. The maximum Gasteiger partial charge on any atom is 0.327 e. The fourth-order valence-corrected chi connectivity index (χ4v) is 3.90. The average molecular weight is 476 g/mol. The Bertz CT molecular complexity index is 996. The van der Waals surface area contributed by atoms with Crippen molar-refractivity contribution in [1.82, 2.24) is 15.2 Å². The summed E-state index contributed by atoms with van der Waals surface area (Å²) in [4.78, 5) is 32.9. The van der Waals surface area contributed by atoms with Gasteiger partial charge in [0.1, 0.15) is 5.84 Å². The predicted octanol–water partition coefficient (Wildman–Crippen LogP) is 4.97. The lowest BCUT2D eigenvalue weighted by molar-refractivity contribution is -0.140. The van der Waals surface area contributed by atoms with E-state index in [1.54, 1.807) is 30.3 Å². The van der Waals surface area contributed by atoms with Crippen LogP contribution in [0.1, 0.15) is 39.2 Å². The van der Waals surface area contributed by atoms with Crippen LogP contribution in [-0.2, 0) is 4.79 Å². The van der Waals surface area contributed by atoms with Crippen molar-refractivity contribution in [3.05, 3.63) is 58.3 Å². The lowest BCUT2D eigenvalue weighted by Crippen LogP contribution is -2.53. The second-order valence-corrected chi connectivity index (χ2v) is 9.63. The van der Waals surface area contributed by atoms with Crippen molar-refractivity contribution < 1.29 is 9.59 Å². The lowest BCUT2D eigenvalue weighted by atomic mass is 9.93. The number of nitrogens with one attached hydrogen (secondary N) is 2. The number of pyridine rings is 1. The SMILES string of the molecule is CC(C)(C)C(=O)N1CCC(NC(=O)N(C(=N)c2ccncc2Cl)c2ccc(Cl)cc2)CC1. The summed E-state index contributed by atoms with van der Waals surface area (Å²) in [7, 11) is 0. The molecule has 3 rings (SSSR count). The van der Waals surface area contributed by atoms with Gasteiger partial charge in [-0.2, -0.15) is 0 Å². The molecule has 1 aromatic carbocycles. The topological polar surface area (TPSA) is 89.4 Å². The molecule has 3 amide bonds. The van der Waals surface area contributed by atoms with E-state index in [4.69, 9.17) is 28.6 Å². The van der Waals surface area contributed by atoms with E-state index in [-0.39, 0.29) is 22.8 Å². The highest BCUT2D eigenvalue weighted by molar-refractivity contribution is 6.36. The summed E-state index contributed by atoms with van der Waals surface area (Å²) in [5.74, 6) is 0.0387. The van der Waals surface area contributed by atoms with Gasteiger partial charge in [-0.25, -0.2) is 9.69 Å². The zero-order valence-electron chi connectivity index (χ0n) is 18.4. The van der Waals surface area contributed by atoms with Gasteiger partial charge in [0.25, 0.3) is 0 Å². The Hall–Kier alpha value is -2.64. The normalized spacial score (nSPS) is 14.7. The number of benzene rings is 1. The van der Waals surface area contributed by atoms with Crippen LogP contribution in [0.3, 0.4) is 0 Å². The highest BCUT2D eigenvalue weighted by atomic mass is 35.5. The molecule has 1 saturated heterocycles. The highest BCUT2D eigenvalue weighted by Crippen LogP contribution is 2.25. The van der Waals surface area contributed by atoms with Crippen LogP contribution in [0, 0.1) is 10.8 Å². The number of piperidine rings is 1. The Balaban J connectivity index is 1.77. The number of amidine groups is 1. The van der Waals surface area contributed by atoms with Crippen molar-refractivity contribution >= 4 is 46.7 Å². The summed E-state index contributed by atoms with van der Waals surface area (Å²) in [5.41, 5.74) is 0.447. The van der Waals surface area contributed by atoms with Crippen LogP contribution in [0.15, 0.2) is 42.7 Å². The maximum atomic E-state index is 13.3. The molecule has 1 fully saturated rings. The Morgan fingerprint density at radius 3 is 2.31 bits per heavy atom. The quantitative estimate of drug-likeness (QED) is 0.485. The zero-order chi connectivity index (χ0) is 23.5. The summed E-state index contributed by atoms with van der Waals surface area (Å²) in [6.45, 7) is 6.88. The molecule has 1 aromatic heterocycles. The second kappa shape index (κ2) is 9.88. The van der Waals surface area contributed by atoms with E-state index in [9.17, 15) is 9.59 Å². The second-order valence-electron chi connectivity index (χ2n) is 8.78. The van der Waals surface area contributed by atoms with Crippen LogP contribution < -0.4 is 10.2 Å². The zero-order valence-corrected chi connectivity index (χ0v) is 19.9. The third-order valence-electron chi connectivity index (χ3n) is 5.29. The number of amides is 3. The molecular formula is C23H27Cl2N5O2. The molecule has 0 atom stereocenters. The van der Waals surface area contributed by atoms with Gasteiger partial charge in [0.15, 0.2) is 0 Å². The van der Waals surface area contributed by atoms with Gasteiger partial charge in [-0.3, -0.25) is 15.2 Å². The molecule has 0 bridgehead atoms. The summed E-state index contributed by atoms with van der Waals surface area (Å²) in [5, 5.41) is 12.5. The minimum Gasteiger partial charge on any atom is -0.342 e. The average Bonchev–Trinajstić information content (AvgIpc) is 2.75. The molecule has 0 unspecified atom stereocenters. The molecule has 0 aliphatic carbocycles. The molecule has 2 heterocycles. The Morgan fingerprint density at radius 2 is 1.75 bits per heavy atom. The minimum absolute atomic E-state index is 0.0717. The number of rotatable bonds is 3. The number of nitrogens with zero attached hydrogens (tertiary/aromatic N) is 3. The lowest BCUT2D eigenvalue weighted by Gasteiger charge is -2.36. The van der Waals surface area contributed by atoms with Crippen molar-refractivity contribution in [3.8, 4) is 0 Å². The molecule has 9 heteroatoms. The van der Waals surface area contributed by atoms with Crippen molar-refractivity contribution in [2.24, 2.45) is 5.41 Å². The molecule has 0 radical (unpaired) electrons. The number of hydrogen-bond donors (Lipinski definition) is 2. The monoisotopic (exact) mass is 475 g/mol. The molecule has 2 N–H and O–H groups in total. The number of carbonyl (C=O) groups is 2. The number of likely N-dealkylation sites (tertiary alicyclic amines) is 1. The first-order valence-electron chi connectivity index (χ1n) is 10.4. The molecule has 7 nitrogen and oxygen atoms in total. The van der Waals surface area contributed by atoms with Gasteiger partial charge in [0, 0.05) is 47.5 Å². The van der Waals surface area contributed by atoms with Gasteiger partial charge in [-0.05, 0) is 43.2 Å². The van der Waals surface area contributed by atoms with Gasteiger partial charge in [0.2, 0.25) is 5.91 Å². The van der Waals surface area contributed by atoms with Gasteiger partial charge in [-0.1, -0.05) is 44.0 Å². The molecule has 1 aliphatic rings. The molecule has 2 aromatic rings. The van der Waals surface area contributed by atoms with E-state index < -0.39 is 11.4 Å². The van der Waals surface area contributed by atoms with Crippen LogP contribution in [0.5, 0.6) is 0 Å². The number of urea groups is 1. The van der Waals surface area contributed by atoms with Crippen molar-refractivity contribution in [2.75, 3.05) is 18.0 Å². The standard InChI is InChI=1S/C23H27Cl2N5O2/c1-23(2,3)21(31)29-12-9-16(10-13-29)28-22(32)30(17-6-4-15(24)5-7-17)20(26)18-8-11-27-14-19(18)25/h4-8,11,14,16,26H,9-10,12-13H2,1-3H3,(H,28,32). The first kappa shape index (κ1) is 24.0. The maximum absolute atomic E-state index is 13.3. The Morgan fingerprint density at radius 1 is 1.12 bits per heavy atom. The van der Waals surface area contributed by atoms with Crippen molar-refractivity contribution in [1.29, 1.82) is 5.41 Å². The fraction of sp³-hybridized carbons (Fsp3) is 0.391. The van der Waals surface area contributed by atoms with E-state index >= 15 is 0 Å². The Kier molecular flexibility index (Phi) is 7.41. The van der Waals surface area contributed by atoms with Crippen LogP contribution in [0.2, 0.25) is 10.0 Å². The van der Waals surface area contributed by atoms with E-state index in [0.29, 0.717) is 42.2 Å². The number of hydrogen-bond acceptors (Lipinski definition) is 4. The van der Waals surface area contributed by atoms with Gasteiger partial charge >= 0.3 is 6.03 Å². The predicted molar refractivity (Wildman–Crippen MR) is 128 cm³/mol. The van der Waals surface area contributed by atoms with Crippen LogP contribution in [-0.4, -0.2) is 46.8 Å². The molecule has 32 heavy (non-hydrogen) atoms. The molecule has 0 saturated carbocycles. The van der Waals surface area contributed by atoms with Gasteiger partial charge in [-0.15, -0.1) is 0 Å². The van der Waals surface area contributed by atoms with E-state index in [1.165, 1.54) is 17.3 Å². The van der Waals surface area contributed by atoms with E-state index in [0.717, 1.165) is 0 Å². The van der Waals surface area contributed by atoms with Crippen molar-refractivity contribution in [2.45, 2.75) is 39.7 Å². The van der Waals surface area contributed by atoms with Crippen molar-refractivity contribution in [3.63, 3.8) is 0 Å². The van der Waals surface area contributed by atoms with E-state index in [1.807, 2.05) is 25.7 Å². The number of aromatic nitrogens is 1. The van der Waals surface area contributed by atoms with Crippen LogP contribution in [0.25, 0.3) is 0 Å². The molecular weight excluding hydrogens is 449 g/mol. The largest absolute Gasteiger partial charge is 0.342 e.